The molecule has 4 heteroatoms. The van der Waals surface area contributed by atoms with Crippen LogP contribution in [0.1, 0.15) is 10.9 Å². The van der Waals surface area contributed by atoms with Gasteiger partial charge >= 0.3 is 0 Å². The Kier molecular flexibility index (Phi) is 3.98. The lowest BCUT2D eigenvalue weighted by atomic mass is 10.2. The van der Waals surface area contributed by atoms with Crippen molar-refractivity contribution in [2.75, 3.05) is 11.9 Å². The van der Waals surface area contributed by atoms with E-state index in [2.05, 4.69) is 32.7 Å². The second kappa shape index (κ2) is 5.48. The Bertz CT molecular complexity index is 441. The van der Waals surface area contributed by atoms with Gasteiger partial charge in [0.05, 0.1) is 6.04 Å². The van der Waals surface area contributed by atoms with Crippen LogP contribution < -0.4 is 11.1 Å². The molecular weight excluding hydrogens is 284 g/mol. The molecule has 0 aliphatic rings. The standard InChI is InChI=1S/C12H13BrN2S/c13-9-6-12(16-8-9)11(7-14)15-10-4-2-1-3-5-10/h1-6,8,11,15H,7,14H2. The zero-order chi connectivity index (χ0) is 11.4. The SMILES string of the molecule is NCC(Nc1ccccc1)c1cc(Br)cs1. The van der Waals surface area contributed by atoms with Crippen LogP contribution in [0, 0.1) is 0 Å². The van der Waals surface area contributed by atoms with E-state index in [1.807, 2.05) is 30.3 Å². The van der Waals surface area contributed by atoms with E-state index in [1.54, 1.807) is 11.3 Å². The molecule has 2 nitrogen and oxygen atoms in total. The van der Waals surface area contributed by atoms with Crippen molar-refractivity contribution >= 4 is 33.0 Å². The molecule has 2 rings (SSSR count). The zero-order valence-electron chi connectivity index (χ0n) is 8.69. The summed E-state index contributed by atoms with van der Waals surface area (Å²) in [4.78, 5) is 1.25. The quantitative estimate of drug-likeness (QED) is 0.904. The molecule has 84 valence electrons. The number of halogens is 1. The van der Waals surface area contributed by atoms with Crippen molar-refractivity contribution in [3.05, 3.63) is 51.1 Å². The van der Waals surface area contributed by atoms with Crippen molar-refractivity contribution in [2.24, 2.45) is 5.73 Å². The van der Waals surface area contributed by atoms with E-state index in [0.29, 0.717) is 6.54 Å². The number of thiophene rings is 1. The number of anilines is 1. The van der Waals surface area contributed by atoms with Gasteiger partial charge in [-0.15, -0.1) is 11.3 Å². The minimum atomic E-state index is 0.179. The molecule has 0 saturated carbocycles. The predicted molar refractivity (Wildman–Crippen MR) is 73.9 cm³/mol. The topological polar surface area (TPSA) is 38.0 Å². The van der Waals surface area contributed by atoms with Gasteiger partial charge in [0.1, 0.15) is 0 Å². The van der Waals surface area contributed by atoms with E-state index in [9.17, 15) is 0 Å². The Morgan fingerprint density at radius 1 is 1.31 bits per heavy atom. The molecule has 0 fully saturated rings. The highest BCUT2D eigenvalue weighted by Crippen LogP contribution is 2.27. The smallest absolute Gasteiger partial charge is 0.0729 e. The number of nitrogens with one attached hydrogen (secondary N) is 1. The van der Waals surface area contributed by atoms with Crippen molar-refractivity contribution < 1.29 is 0 Å². The minimum Gasteiger partial charge on any atom is -0.376 e. The fourth-order valence-electron chi connectivity index (χ4n) is 1.49. The van der Waals surface area contributed by atoms with E-state index in [1.165, 1.54) is 4.88 Å². The molecule has 1 aromatic heterocycles. The highest BCUT2D eigenvalue weighted by Gasteiger charge is 2.11. The molecule has 0 aliphatic carbocycles. The van der Waals surface area contributed by atoms with E-state index in [-0.39, 0.29) is 6.04 Å². The van der Waals surface area contributed by atoms with Gasteiger partial charge in [-0.3, -0.25) is 0 Å². The summed E-state index contributed by atoms with van der Waals surface area (Å²) in [5.41, 5.74) is 6.89. The van der Waals surface area contributed by atoms with Crippen LogP contribution in [-0.4, -0.2) is 6.54 Å². The Morgan fingerprint density at radius 3 is 2.62 bits per heavy atom. The lowest BCUT2D eigenvalue weighted by Crippen LogP contribution is -2.19. The van der Waals surface area contributed by atoms with Crippen LogP contribution in [0.15, 0.2) is 46.3 Å². The molecule has 0 aliphatic heterocycles. The first-order valence-corrected chi connectivity index (χ1v) is 6.72. The first-order chi connectivity index (χ1) is 7.79. The van der Waals surface area contributed by atoms with E-state index in [4.69, 9.17) is 5.73 Å². The zero-order valence-corrected chi connectivity index (χ0v) is 11.1. The van der Waals surface area contributed by atoms with Gasteiger partial charge in [-0.05, 0) is 34.1 Å². The summed E-state index contributed by atoms with van der Waals surface area (Å²) >= 11 is 5.17. The van der Waals surface area contributed by atoms with Gasteiger partial charge in [0.25, 0.3) is 0 Å². The lowest BCUT2D eigenvalue weighted by Gasteiger charge is -2.16. The van der Waals surface area contributed by atoms with Crippen LogP contribution in [0.5, 0.6) is 0 Å². The summed E-state index contributed by atoms with van der Waals surface area (Å²) in [5.74, 6) is 0. The van der Waals surface area contributed by atoms with Gasteiger partial charge < -0.3 is 11.1 Å². The second-order valence-electron chi connectivity index (χ2n) is 3.47. The maximum atomic E-state index is 5.79. The van der Waals surface area contributed by atoms with E-state index in [0.717, 1.165) is 10.2 Å². The van der Waals surface area contributed by atoms with Gasteiger partial charge in [-0.25, -0.2) is 0 Å². The lowest BCUT2D eigenvalue weighted by molar-refractivity contribution is 0.805. The van der Waals surface area contributed by atoms with Crippen molar-refractivity contribution in [1.29, 1.82) is 0 Å². The molecule has 0 spiro atoms. The summed E-state index contributed by atoms with van der Waals surface area (Å²) < 4.78 is 1.11. The van der Waals surface area contributed by atoms with Crippen molar-refractivity contribution in [2.45, 2.75) is 6.04 Å². The number of para-hydroxylation sites is 1. The van der Waals surface area contributed by atoms with Crippen LogP contribution >= 0.6 is 27.3 Å². The minimum absolute atomic E-state index is 0.179. The summed E-state index contributed by atoms with van der Waals surface area (Å²) in [7, 11) is 0. The largest absolute Gasteiger partial charge is 0.376 e. The molecule has 16 heavy (non-hydrogen) atoms. The van der Waals surface area contributed by atoms with Crippen molar-refractivity contribution in [1.82, 2.24) is 0 Å². The molecule has 0 amide bonds. The Morgan fingerprint density at radius 2 is 2.06 bits per heavy atom. The van der Waals surface area contributed by atoms with E-state index < -0.39 is 0 Å². The Hall–Kier alpha value is -0.840. The Balaban J connectivity index is 2.12. The fourth-order valence-corrected chi connectivity index (χ4v) is 3.00. The maximum Gasteiger partial charge on any atom is 0.0729 e. The first-order valence-electron chi connectivity index (χ1n) is 5.05. The highest BCUT2D eigenvalue weighted by atomic mass is 79.9. The predicted octanol–water partition coefficient (Wildman–Crippen LogP) is 3.62. The molecule has 3 N–H and O–H groups in total. The molecular formula is C12H13BrN2S. The van der Waals surface area contributed by atoms with Crippen LogP contribution in [0.2, 0.25) is 0 Å². The normalized spacial score (nSPS) is 12.4. The average Bonchev–Trinajstić information content (AvgIpc) is 2.74. The molecule has 1 heterocycles. The molecule has 0 saturated heterocycles. The molecule has 0 radical (unpaired) electrons. The summed E-state index contributed by atoms with van der Waals surface area (Å²) in [5, 5.41) is 5.50. The van der Waals surface area contributed by atoms with Crippen LogP contribution in [0.4, 0.5) is 5.69 Å². The Labute approximate surface area is 108 Å². The highest BCUT2D eigenvalue weighted by molar-refractivity contribution is 9.10. The monoisotopic (exact) mass is 296 g/mol. The van der Waals surface area contributed by atoms with Crippen LogP contribution in [-0.2, 0) is 0 Å². The summed E-state index contributed by atoms with van der Waals surface area (Å²) in [6.45, 7) is 0.585. The van der Waals surface area contributed by atoms with Gasteiger partial charge in [0.15, 0.2) is 0 Å². The first kappa shape index (κ1) is 11.6. The third kappa shape index (κ3) is 2.84. The molecule has 1 aromatic carbocycles. The van der Waals surface area contributed by atoms with Crippen molar-refractivity contribution in [3.8, 4) is 0 Å². The van der Waals surface area contributed by atoms with E-state index >= 15 is 0 Å². The molecule has 1 atom stereocenters. The number of rotatable bonds is 4. The fraction of sp³-hybridized carbons (Fsp3) is 0.167. The average molecular weight is 297 g/mol. The maximum absolute atomic E-state index is 5.79. The molecule has 2 aromatic rings. The number of hydrogen-bond donors (Lipinski definition) is 2. The van der Waals surface area contributed by atoms with Crippen molar-refractivity contribution in [3.63, 3.8) is 0 Å². The van der Waals surface area contributed by atoms with Crippen LogP contribution in [0.25, 0.3) is 0 Å². The summed E-state index contributed by atoms with van der Waals surface area (Å²) in [6.07, 6.45) is 0. The summed E-state index contributed by atoms with van der Waals surface area (Å²) in [6, 6.07) is 12.4. The third-order valence-electron chi connectivity index (χ3n) is 2.28. The van der Waals surface area contributed by atoms with Gasteiger partial charge in [-0.2, -0.15) is 0 Å². The second-order valence-corrected chi connectivity index (χ2v) is 5.32. The third-order valence-corrected chi connectivity index (χ3v) is 4.09. The molecule has 0 bridgehead atoms. The number of benzene rings is 1. The van der Waals surface area contributed by atoms with Gasteiger partial charge in [-0.1, -0.05) is 18.2 Å². The number of hydrogen-bond acceptors (Lipinski definition) is 3. The molecule has 1 unspecified atom stereocenters. The van der Waals surface area contributed by atoms with Gasteiger partial charge in [0.2, 0.25) is 0 Å². The van der Waals surface area contributed by atoms with Crippen LogP contribution in [0.3, 0.4) is 0 Å². The number of nitrogens with two attached hydrogens (primary N) is 1. The van der Waals surface area contributed by atoms with Gasteiger partial charge in [0, 0.05) is 27.0 Å².